The Hall–Kier alpha value is -2.38. The van der Waals surface area contributed by atoms with Crippen molar-refractivity contribution in [3.8, 4) is 17.4 Å². The number of ether oxygens (including phenoxy) is 1. The van der Waals surface area contributed by atoms with Crippen LogP contribution in [0.2, 0.25) is 0 Å². The number of aromatic hydroxyl groups is 1. The number of halogens is 3. The maximum Gasteiger partial charge on any atom is 0.435 e. The van der Waals surface area contributed by atoms with E-state index in [1.54, 1.807) is 0 Å². The fourth-order valence-electron chi connectivity index (χ4n) is 1.42. The van der Waals surface area contributed by atoms with E-state index in [1.165, 1.54) is 25.2 Å². The lowest BCUT2D eigenvalue weighted by Crippen LogP contribution is -2.06. The predicted molar refractivity (Wildman–Crippen MR) is 60.8 cm³/mol. The van der Waals surface area contributed by atoms with Gasteiger partial charge in [0.1, 0.15) is 11.4 Å². The van der Waals surface area contributed by atoms with Crippen LogP contribution in [0.25, 0.3) is 0 Å². The molecule has 0 radical (unpaired) electrons. The average molecular weight is 273 g/mol. The summed E-state index contributed by atoms with van der Waals surface area (Å²) < 4.78 is 43.6. The highest BCUT2D eigenvalue weighted by molar-refractivity contribution is 5.62. The first-order valence-electron chi connectivity index (χ1n) is 5.15. The normalized spacial score (nSPS) is 11.6. The molecule has 0 amide bonds. The maximum atomic E-state index is 12.5. The zero-order chi connectivity index (χ0) is 14.2. The van der Waals surface area contributed by atoms with Gasteiger partial charge >= 0.3 is 6.18 Å². The van der Waals surface area contributed by atoms with Crippen LogP contribution < -0.4 is 10.5 Å². The first kappa shape index (κ1) is 13.1. The lowest BCUT2D eigenvalue weighted by molar-refractivity contribution is -0.141. The van der Waals surface area contributed by atoms with Crippen molar-refractivity contribution >= 4 is 5.69 Å². The van der Waals surface area contributed by atoms with E-state index in [0.717, 1.165) is 10.7 Å². The average Bonchev–Trinajstić information content (AvgIpc) is 2.67. The van der Waals surface area contributed by atoms with Crippen molar-refractivity contribution < 1.29 is 23.0 Å². The van der Waals surface area contributed by atoms with Crippen LogP contribution in [-0.4, -0.2) is 14.9 Å². The van der Waals surface area contributed by atoms with Gasteiger partial charge in [-0.3, -0.25) is 0 Å². The number of hydrogen-bond acceptors (Lipinski definition) is 4. The number of para-hydroxylation sites is 1. The zero-order valence-corrected chi connectivity index (χ0v) is 9.77. The highest BCUT2D eigenvalue weighted by Gasteiger charge is 2.35. The minimum atomic E-state index is -4.55. The molecule has 2 aromatic rings. The number of alkyl halides is 3. The molecule has 0 unspecified atom stereocenters. The van der Waals surface area contributed by atoms with Crippen molar-refractivity contribution in [3.05, 3.63) is 30.0 Å². The summed E-state index contributed by atoms with van der Waals surface area (Å²) in [5.41, 5.74) is 4.42. The van der Waals surface area contributed by atoms with Crippen LogP contribution >= 0.6 is 0 Å². The molecule has 0 saturated carbocycles. The van der Waals surface area contributed by atoms with E-state index in [-0.39, 0.29) is 23.1 Å². The van der Waals surface area contributed by atoms with E-state index >= 15 is 0 Å². The summed E-state index contributed by atoms with van der Waals surface area (Å²) in [6.45, 7) is 0. The van der Waals surface area contributed by atoms with Crippen LogP contribution in [-0.2, 0) is 13.2 Å². The maximum absolute atomic E-state index is 12.5. The van der Waals surface area contributed by atoms with E-state index in [9.17, 15) is 18.3 Å². The van der Waals surface area contributed by atoms with Gasteiger partial charge in [-0.05, 0) is 12.1 Å². The molecule has 8 heteroatoms. The Balaban J connectivity index is 2.34. The summed E-state index contributed by atoms with van der Waals surface area (Å²) in [7, 11) is 1.31. The van der Waals surface area contributed by atoms with Gasteiger partial charge in [0, 0.05) is 13.1 Å². The second-order valence-electron chi connectivity index (χ2n) is 3.78. The van der Waals surface area contributed by atoms with Gasteiger partial charge in [0.15, 0.2) is 11.4 Å². The molecule has 1 aromatic carbocycles. The number of anilines is 1. The molecular weight excluding hydrogens is 263 g/mol. The smallest absolute Gasteiger partial charge is 0.435 e. The molecule has 0 aliphatic carbocycles. The Morgan fingerprint density at radius 1 is 1.37 bits per heavy atom. The van der Waals surface area contributed by atoms with Gasteiger partial charge in [-0.15, -0.1) is 0 Å². The predicted octanol–water partition coefficient (Wildman–Crippen LogP) is 2.52. The van der Waals surface area contributed by atoms with Crippen molar-refractivity contribution in [1.82, 2.24) is 9.78 Å². The number of nitrogen functional groups attached to an aromatic ring is 1. The number of benzene rings is 1. The van der Waals surface area contributed by atoms with Crippen LogP contribution in [0, 0.1) is 0 Å². The Morgan fingerprint density at radius 3 is 2.63 bits per heavy atom. The molecule has 0 spiro atoms. The standard InChI is InChI=1S/C11H10F3N3O2/c1-17-9(5-8(16-17)11(12,13)14)19-7-4-2-3-6(18)10(7)15/h2-5,18H,15H2,1H3. The van der Waals surface area contributed by atoms with Crippen molar-refractivity contribution in [2.24, 2.45) is 7.05 Å². The second kappa shape index (κ2) is 4.38. The Labute approximate surface area is 106 Å². The van der Waals surface area contributed by atoms with Crippen molar-refractivity contribution in [2.75, 3.05) is 5.73 Å². The van der Waals surface area contributed by atoms with E-state index < -0.39 is 11.9 Å². The molecule has 0 bridgehead atoms. The van der Waals surface area contributed by atoms with Gasteiger partial charge in [0.25, 0.3) is 0 Å². The molecule has 3 N–H and O–H groups in total. The van der Waals surface area contributed by atoms with Gasteiger partial charge in [-0.25, -0.2) is 4.68 Å². The molecule has 0 saturated heterocycles. The van der Waals surface area contributed by atoms with Gasteiger partial charge < -0.3 is 15.6 Å². The first-order valence-corrected chi connectivity index (χ1v) is 5.15. The number of rotatable bonds is 2. The lowest BCUT2D eigenvalue weighted by atomic mass is 10.3. The van der Waals surface area contributed by atoms with Crippen molar-refractivity contribution in [1.29, 1.82) is 0 Å². The lowest BCUT2D eigenvalue weighted by Gasteiger charge is -2.08. The van der Waals surface area contributed by atoms with Crippen molar-refractivity contribution in [2.45, 2.75) is 6.18 Å². The van der Waals surface area contributed by atoms with Crippen LogP contribution in [0.1, 0.15) is 5.69 Å². The van der Waals surface area contributed by atoms with Crippen LogP contribution in [0.3, 0.4) is 0 Å². The first-order chi connectivity index (χ1) is 8.79. The van der Waals surface area contributed by atoms with Gasteiger partial charge in [-0.1, -0.05) is 6.07 Å². The quantitative estimate of drug-likeness (QED) is 0.651. The summed E-state index contributed by atoms with van der Waals surface area (Å²) in [4.78, 5) is 0. The van der Waals surface area contributed by atoms with E-state index in [2.05, 4.69) is 5.10 Å². The third-order valence-electron chi connectivity index (χ3n) is 2.38. The third-order valence-corrected chi connectivity index (χ3v) is 2.38. The number of aryl methyl sites for hydroxylation is 1. The van der Waals surface area contributed by atoms with E-state index in [0.29, 0.717) is 0 Å². The molecule has 5 nitrogen and oxygen atoms in total. The Kier molecular flexibility index (Phi) is 3.01. The number of aromatic nitrogens is 2. The third kappa shape index (κ3) is 2.56. The van der Waals surface area contributed by atoms with Crippen LogP contribution in [0.4, 0.5) is 18.9 Å². The number of nitrogens with zero attached hydrogens (tertiary/aromatic N) is 2. The summed E-state index contributed by atoms with van der Waals surface area (Å²) in [5.74, 6) is -0.294. The molecule has 102 valence electrons. The Bertz CT molecular complexity index is 608. The van der Waals surface area contributed by atoms with Gasteiger partial charge in [0.2, 0.25) is 5.88 Å². The fraction of sp³-hybridized carbons (Fsp3) is 0.182. The van der Waals surface area contributed by atoms with Crippen LogP contribution in [0.15, 0.2) is 24.3 Å². The topological polar surface area (TPSA) is 73.3 Å². The minimum Gasteiger partial charge on any atom is -0.506 e. The molecule has 1 heterocycles. The van der Waals surface area contributed by atoms with Gasteiger partial charge in [0.05, 0.1) is 0 Å². The molecule has 0 atom stereocenters. The van der Waals surface area contributed by atoms with E-state index in [4.69, 9.17) is 10.5 Å². The molecular formula is C11H10F3N3O2. The zero-order valence-electron chi connectivity index (χ0n) is 9.77. The molecule has 0 aliphatic rings. The minimum absolute atomic E-state index is 0.0525. The molecule has 19 heavy (non-hydrogen) atoms. The second-order valence-corrected chi connectivity index (χ2v) is 3.78. The number of phenols is 1. The number of nitrogens with two attached hydrogens (primary N) is 1. The molecule has 0 aliphatic heterocycles. The van der Waals surface area contributed by atoms with Crippen LogP contribution in [0.5, 0.6) is 17.4 Å². The monoisotopic (exact) mass is 273 g/mol. The summed E-state index contributed by atoms with van der Waals surface area (Å²) in [5, 5.41) is 12.7. The number of hydrogen-bond donors (Lipinski definition) is 2. The Morgan fingerprint density at radius 2 is 2.05 bits per heavy atom. The molecule has 1 aromatic heterocycles. The molecule has 2 rings (SSSR count). The summed E-state index contributed by atoms with van der Waals surface area (Å²) in [6, 6.07) is 4.98. The highest BCUT2D eigenvalue weighted by atomic mass is 19.4. The number of phenolic OH excluding ortho intramolecular Hbond substituents is 1. The SMILES string of the molecule is Cn1nc(C(F)(F)F)cc1Oc1cccc(O)c1N. The fourth-order valence-corrected chi connectivity index (χ4v) is 1.42. The van der Waals surface area contributed by atoms with Crippen molar-refractivity contribution in [3.63, 3.8) is 0 Å². The van der Waals surface area contributed by atoms with E-state index in [1.807, 2.05) is 0 Å². The summed E-state index contributed by atoms with van der Waals surface area (Å²) >= 11 is 0. The molecule has 0 fully saturated rings. The largest absolute Gasteiger partial charge is 0.506 e. The summed E-state index contributed by atoms with van der Waals surface area (Å²) in [6.07, 6.45) is -4.55. The van der Waals surface area contributed by atoms with Gasteiger partial charge in [-0.2, -0.15) is 18.3 Å². The highest BCUT2D eigenvalue weighted by Crippen LogP contribution is 2.35.